The molecule has 1 aromatic carbocycles. The predicted octanol–water partition coefficient (Wildman–Crippen LogP) is 2.93. The molecule has 26 heavy (non-hydrogen) atoms. The molecule has 0 aromatic heterocycles. The molecule has 2 rings (SSSR count). The maximum atomic E-state index is 12.3. The second kappa shape index (κ2) is 11.0. The van der Waals surface area contributed by atoms with Crippen molar-refractivity contribution < 1.29 is 14.3 Å². The summed E-state index contributed by atoms with van der Waals surface area (Å²) in [7, 11) is 3.41. The minimum atomic E-state index is -0.103. The number of ether oxygens (including phenoxy) is 1. The van der Waals surface area contributed by atoms with Crippen LogP contribution in [0.25, 0.3) is 0 Å². The second-order valence-electron chi connectivity index (χ2n) is 6.62. The molecule has 0 bridgehead atoms. The average molecular weight is 384 g/mol. The van der Waals surface area contributed by atoms with E-state index in [1.807, 2.05) is 6.92 Å². The fourth-order valence-electron chi connectivity index (χ4n) is 3.02. The minimum absolute atomic E-state index is 0. The normalized spacial score (nSPS) is 14.3. The van der Waals surface area contributed by atoms with Crippen molar-refractivity contribution in [3.8, 4) is 5.75 Å². The zero-order valence-corrected chi connectivity index (χ0v) is 16.7. The number of rotatable bonds is 7. The van der Waals surface area contributed by atoms with E-state index in [0.29, 0.717) is 35.9 Å². The van der Waals surface area contributed by atoms with E-state index in [2.05, 4.69) is 10.6 Å². The first-order valence-corrected chi connectivity index (χ1v) is 9.00. The Labute approximate surface area is 162 Å². The van der Waals surface area contributed by atoms with E-state index in [0.717, 1.165) is 32.4 Å². The molecule has 0 spiro atoms. The van der Waals surface area contributed by atoms with Crippen LogP contribution >= 0.6 is 12.4 Å². The number of carbonyl (C=O) groups is 2. The van der Waals surface area contributed by atoms with Crippen molar-refractivity contribution in [2.75, 3.05) is 39.1 Å². The Kier molecular flexibility index (Phi) is 9.44. The highest BCUT2D eigenvalue weighted by atomic mass is 35.5. The number of piperidine rings is 1. The van der Waals surface area contributed by atoms with E-state index in [1.165, 1.54) is 4.90 Å². The minimum Gasteiger partial charge on any atom is -0.492 e. The summed E-state index contributed by atoms with van der Waals surface area (Å²) < 4.78 is 5.58. The van der Waals surface area contributed by atoms with Gasteiger partial charge in [0.2, 0.25) is 5.91 Å². The lowest BCUT2D eigenvalue weighted by molar-refractivity contribution is -0.116. The molecule has 1 heterocycles. The van der Waals surface area contributed by atoms with Crippen LogP contribution in [0, 0.1) is 5.92 Å². The van der Waals surface area contributed by atoms with Gasteiger partial charge >= 0.3 is 0 Å². The fourth-order valence-corrected chi connectivity index (χ4v) is 3.02. The summed E-state index contributed by atoms with van der Waals surface area (Å²) in [5, 5.41) is 6.26. The van der Waals surface area contributed by atoms with Gasteiger partial charge in [0.25, 0.3) is 5.91 Å². The lowest BCUT2D eigenvalue weighted by Gasteiger charge is -2.22. The molecule has 0 atom stereocenters. The second-order valence-corrected chi connectivity index (χ2v) is 6.62. The summed E-state index contributed by atoms with van der Waals surface area (Å²) in [6, 6.07) is 5.15. The van der Waals surface area contributed by atoms with Crippen molar-refractivity contribution in [3.05, 3.63) is 23.8 Å². The maximum Gasteiger partial charge on any atom is 0.253 e. The van der Waals surface area contributed by atoms with E-state index in [9.17, 15) is 9.59 Å². The van der Waals surface area contributed by atoms with Gasteiger partial charge in [0.1, 0.15) is 5.75 Å². The molecule has 1 saturated heterocycles. The summed E-state index contributed by atoms with van der Waals surface area (Å²) in [6.07, 6.45) is 3.64. The molecule has 1 aromatic rings. The van der Waals surface area contributed by atoms with E-state index in [-0.39, 0.29) is 24.2 Å². The standard InChI is InChI=1S/C19H29N3O3.ClH/c1-4-25-17-7-6-15(19(24)22(2)3)13-16(17)21-18(23)8-5-14-9-11-20-12-10-14;/h6-7,13-14,20H,4-5,8-12H2,1-3H3,(H,21,23);1H. The van der Waals surface area contributed by atoms with Crippen molar-refractivity contribution >= 4 is 29.9 Å². The molecule has 1 aliphatic rings. The van der Waals surface area contributed by atoms with Crippen LogP contribution in [0.5, 0.6) is 5.75 Å². The molecule has 7 heteroatoms. The van der Waals surface area contributed by atoms with Crippen LogP contribution in [0.3, 0.4) is 0 Å². The van der Waals surface area contributed by atoms with Crippen molar-refractivity contribution in [3.63, 3.8) is 0 Å². The zero-order chi connectivity index (χ0) is 18.2. The van der Waals surface area contributed by atoms with Crippen LogP contribution in [-0.4, -0.2) is 50.5 Å². The molecule has 1 aliphatic heterocycles. The van der Waals surface area contributed by atoms with Crippen LogP contribution in [0.4, 0.5) is 5.69 Å². The maximum absolute atomic E-state index is 12.3. The molecular formula is C19H30ClN3O3. The smallest absolute Gasteiger partial charge is 0.253 e. The number of nitrogens with one attached hydrogen (secondary N) is 2. The van der Waals surface area contributed by atoms with Gasteiger partial charge in [-0.05, 0) is 63.4 Å². The number of carbonyl (C=O) groups excluding carboxylic acids is 2. The first kappa shape index (κ1) is 22.3. The molecule has 6 nitrogen and oxygen atoms in total. The molecule has 0 saturated carbocycles. The number of nitrogens with zero attached hydrogens (tertiary/aromatic N) is 1. The van der Waals surface area contributed by atoms with Gasteiger partial charge in [-0.3, -0.25) is 9.59 Å². The molecule has 2 N–H and O–H groups in total. The van der Waals surface area contributed by atoms with Gasteiger partial charge in [0.05, 0.1) is 12.3 Å². The summed E-state index contributed by atoms with van der Waals surface area (Å²) in [6.45, 7) is 4.46. The largest absolute Gasteiger partial charge is 0.492 e. The van der Waals surface area contributed by atoms with Gasteiger partial charge in [0.15, 0.2) is 0 Å². The fraction of sp³-hybridized carbons (Fsp3) is 0.579. The first-order valence-electron chi connectivity index (χ1n) is 9.00. The lowest BCUT2D eigenvalue weighted by Crippen LogP contribution is -2.28. The van der Waals surface area contributed by atoms with Crippen LogP contribution < -0.4 is 15.4 Å². The Balaban J connectivity index is 0.00000338. The van der Waals surface area contributed by atoms with Gasteiger partial charge in [-0.1, -0.05) is 0 Å². The van der Waals surface area contributed by atoms with Crippen molar-refractivity contribution in [1.29, 1.82) is 0 Å². The van der Waals surface area contributed by atoms with E-state index >= 15 is 0 Å². The summed E-state index contributed by atoms with van der Waals surface area (Å²) in [4.78, 5) is 26.0. The molecular weight excluding hydrogens is 354 g/mol. The van der Waals surface area contributed by atoms with Crippen molar-refractivity contribution in [2.24, 2.45) is 5.92 Å². The monoisotopic (exact) mass is 383 g/mol. The van der Waals surface area contributed by atoms with Gasteiger partial charge < -0.3 is 20.3 Å². The third kappa shape index (κ3) is 6.50. The lowest BCUT2D eigenvalue weighted by atomic mass is 9.93. The Morgan fingerprint density at radius 3 is 2.58 bits per heavy atom. The van der Waals surface area contributed by atoms with Crippen LogP contribution in [0.1, 0.15) is 43.0 Å². The summed E-state index contributed by atoms with van der Waals surface area (Å²) in [5.74, 6) is 1.07. The number of hydrogen-bond donors (Lipinski definition) is 2. The Morgan fingerprint density at radius 2 is 1.96 bits per heavy atom. The number of benzene rings is 1. The third-order valence-electron chi connectivity index (χ3n) is 4.44. The molecule has 1 fully saturated rings. The van der Waals surface area contributed by atoms with Gasteiger partial charge in [-0.15, -0.1) is 12.4 Å². The van der Waals surface area contributed by atoms with Gasteiger partial charge in [-0.2, -0.15) is 0 Å². The summed E-state index contributed by atoms with van der Waals surface area (Å²) >= 11 is 0. The number of amides is 2. The van der Waals surface area contributed by atoms with E-state index < -0.39 is 0 Å². The zero-order valence-electron chi connectivity index (χ0n) is 15.8. The quantitative estimate of drug-likeness (QED) is 0.759. The van der Waals surface area contributed by atoms with Crippen LogP contribution in [0.2, 0.25) is 0 Å². The van der Waals surface area contributed by atoms with Crippen LogP contribution in [-0.2, 0) is 4.79 Å². The SMILES string of the molecule is CCOc1ccc(C(=O)N(C)C)cc1NC(=O)CCC1CCNCC1.Cl. The topological polar surface area (TPSA) is 70.7 Å². The number of hydrogen-bond acceptors (Lipinski definition) is 4. The Bertz CT molecular complexity index is 602. The molecule has 0 aliphatic carbocycles. The third-order valence-corrected chi connectivity index (χ3v) is 4.44. The van der Waals surface area contributed by atoms with Crippen molar-refractivity contribution in [2.45, 2.75) is 32.6 Å². The Hall–Kier alpha value is -1.79. The highest BCUT2D eigenvalue weighted by Gasteiger charge is 2.17. The number of anilines is 1. The van der Waals surface area contributed by atoms with E-state index in [1.54, 1.807) is 32.3 Å². The molecule has 0 radical (unpaired) electrons. The Morgan fingerprint density at radius 1 is 1.27 bits per heavy atom. The predicted molar refractivity (Wildman–Crippen MR) is 106 cm³/mol. The van der Waals surface area contributed by atoms with Crippen LogP contribution in [0.15, 0.2) is 18.2 Å². The number of halogens is 1. The molecule has 146 valence electrons. The van der Waals surface area contributed by atoms with Crippen molar-refractivity contribution in [1.82, 2.24) is 10.2 Å². The molecule has 0 unspecified atom stereocenters. The van der Waals surface area contributed by atoms with E-state index in [4.69, 9.17) is 4.74 Å². The van der Waals surface area contributed by atoms with Gasteiger partial charge in [-0.25, -0.2) is 0 Å². The summed E-state index contributed by atoms with van der Waals surface area (Å²) in [5.41, 5.74) is 1.09. The average Bonchev–Trinajstić information content (AvgIpc) is 2.61. The van der Waals surface area contributed by atoms with Gasteiger partial charge in [0, 0.05) is 26.1 Å². The molecule has 2 amide bonds. The highest BCUT2D eigenvalue weighted by molar-refractivity contribution is 5.98. The highest BCUT2D eigenvalue weighted by Crippen LogP contribution is 2.27. The first-order chi connectivity index (χ1) is 12.0.